The molecule has 0 aliphatic carbocycles. The van der Waals surface area contributed by atoms with Crippen molar-refractivity contribution in [3.05, 3.63) is 74.5 Å². The summed E-state index contributed by atoms with van der Waals surface area (Å²) in [7, 11) is 0. The smallest absolute Gasteiger partial charge is 0.280 e. The first kappa shape index (κ1) is 16.4. The maximum atomic E-state index is 12.8. The number of amides is 1. The van der Waals surface area contributed by atoms with Gasteiger partial charge in [-0.2, -0.15) is 0 Å². The highest BCUT2D eigenvalue weighted by Gasteiger charge is 2.29. The van der Waals surface area contributed by atoms with Crippen LogP contribution >= 0.6 is 15.9 Å². The number of carbonyl (C=O) groups is 1. The first-order valence-corrected chi connectivity index (χ1v) is 8.60. The predicted octanol–water partition coefficient (Wildman–Crippen LogP) is 3.14. The summed E-state index contributed by atoms with van der Waals surface area (Å²) in [6.07, 6.45) is 2.20. The molecule has 1 aromatic heterocycles. The Hall–Kier alpha value is -3.07. The van der Waals surface area contributed by atoms with E-state index in [2.05, 4.69) is 26.2 Å². The summed E-state index contributed by atoms with van der Waals surface area (Å²) in [5.74, 6) is -0.331. The number of carbonyl (C=O) groups excluding carboxylic acids is 1. The Morgan fingerprint density at radius 2 is 2.00 bits per heavy atom. The lowest BCUT2D eigenvalue weighted by molar-refractivity contribution is -0.384. The highest BCUT2D eigenvalue weighted by Crippen LogP contribution is 2.32. The number of rotatable bonds is 3. The van der Waals surface area contributed by atoms with Crippen LogP contribution in [0.15, 0.2) is 53.1 Å². The molecule has 9 heteroatoms. The van der Waals surface area contributed by atoms with Gasteiger partial charge in [0, 0.05) is 23.2 Å². The molecule has 0 atom stereocenters. The number of nitro groups is 1. The third-order valence-electron chi connectivity index (χ3n) is 4.23. The van der Waals surface area contributed by atoms with Crippen LogP contribution in [-0.2, 0) is 6.42 Å². The number of nitro benzene ring substituents is 1. The fraction of sp³-hybridized carbons (Fsp3) is 0.118. The van der Waals surface area contributed by atoms with Gasteiger partial charge in [-0.3, -0.25) is 14.9 Å². The van der Waals surface area contributed by atoms with Gasteiger partial charge >= 0.3 is 0 Å². The second-order valence-electron chi connectivity index (χ2n) is 5.78. The Labute approximate surface area is 156 Å². The number of hydrogen-bond donors (Lipinski definition) is 0. The molecule has 2 heterocycles. The summed E-state index contributed by atoms with van der Waals surface area (Å²) in [5.41, 5.74) is 2.36. The highest BCUT2D eigenvalue weighted by atomic mass is 79.9. The lowest BCUT2D eigenvalue weighted by atomic mass is 10.1. The van der Waals surface area contributed by atoms with Gasteiger partial charge in [-0.25, -0.2) is 4.68 Å². The van der Waals surface area contributed by atoms with E-state index in [1.165, 1.54) is 21.7 Å². The molecule has 0 N–H and O–H groups in total. The molecule has 3 aromatic rings. The third-order valence-corrected chi connectivity index (χ3v) is 4.90. The minimum atomic E-state index is -0.468. The van der Waals surface area contributed by atoms with E-state index in [9.17, 15) is 14.9 Å². The first-order chi connectivity index (χ1) is 12.5. The van der Waals surface area contributed by atoms with Gasteiger partial charge in [0.05, 0.1) is 22.5 Å². The predicted molar refractivity (Wildman–Crippen MR) is 97.5 cm³/mol. The second kappa shape index (κ2) is 6.34. The van der Waals surface area contributed by atoms with Crippen LogP contribution in [0.25, 0.3) is 5.69 Å². The van der Waals surface area contributed by atoms with Crippen molar-refractivity contribution in [2.75, 3.05) is 11.4 Å². The molecule has 26 heavy (non-hydrogen) atoms. The number of halogens is 1. The molecule has 0 bridgehead atoms. The average molecular weight is 414 g/mol. The number of fused-ring (bicyclic) bond motifs is 1. The van der Waals surface area contributed by atoms with Crippen molar-refractivity contribution in [1.82, 2.24) is 15.0 Å². The van der Waals surface area contributed by atoms with E-state index in [1.54, 1.807) is 12.3 Å². The van der Waals surface area contributed by atoms with Crippen LogP contribution < -0.4 is 4.90 Å². The zero-order valence-electron chi connectivity index (χ0n) is 13.4. The van der Waals surface area contributed by atoms with E-state index < -0.39 is 4.92 Å². The number of para-hydroxylation sites is 1. The minimum Gasteiger partial charge on any atom is -0.306 e. The van der Waals surface area contributed by atoms with E-state index in [1.807, 2.05) is 24.3 Å². The zero-order valence-corrected chi connectivity index (χ0v) is 15.0. The minimum absolute atomic E-state index is 0.0414. The molecule has 0 saturated heterocycles. The van der Waals surface area contributed by atoms with E-state index in [-0.39, 0.29) is 17.3 Å². The van der Waals surface area contributed by atoms with Gasteiger partial charge in [-0.1, -0.05) is 23.4 Å². The Balaban J connectivity index is 1.66. The van der Waals surface area contributed by atoms with E-state index in [4.69, 9.17) is 0 Å². The van der Waals surface area contributed by atoms with Gasteiger partial charge in [-0.15, -0.1) is 5.10 Å². The van der Waals surface area contributed by atoms with Gasteiger partial charge in [0.15, 0.2) is 5.69 Å². The van der Waals surface area contributed by atoms with Crippen LogP contribution in [0.4, 0.5) is 11.4 Å². The fourth-order valence-corrected chi connectivity index (χ4v) is 3.41. The molecule has 8 nitrogen and oxygen atoms in total. The largest absolute Gasteiger partial charge is 0.306 e. The molecule has 0 radical (unpaired) electrons. The van der Waals surface area contributed by atoms with Crippen molar-refractivity contribution >= 4 is 33.2 Å². The third kappa shape index (κ3) is 2.76. The number of hydrogen-bond acceptors (Lipinski definition) is 5. The molecule has 0 spiro atoms. The van der Waals surface area contributed by atoms with Crippen molar-refractivity contribution in [2.45, 2.75) is 6.42 Å². The SMILES string of the molecule is O=C(c1cn(-c2ccccc2Br)nn1)N1CCc2ccc([N+](=O)[O-])cc21. The Kier molecular flexibility index (Phi) is 4.00. The van der Waals surface area contributed by atoms with E-state index in [0.29, 0.717) is 18.7 Å². The molecular formula is C17H12BrN5O3. The van der Waals surface area contributed by atoms with Gasteiger partial charge in [0.2, 0.25) is 0 Å². The summed E-state index contributed by atoms with van der Waals surface area (Å²) in [6, 6.07) is 12.0. The standard InChI is InChI=1S/C17H12BrN5O3/c18-13-3-1-2-4-15(13)22-10-14(19-20-22)17(24)21-8-7-11-5-6-12(23(25)26)9-16(11)21/h1-6,9-10H,7-8H2. The fourth-order valence-electron chi connectivity index (χ4n) is 2.95. The van der Waals surface area contributed by atoms with Gasteiger partial charge < -0.3 is 4.90 Å². The van der Waals surface area contributed by atoms with Crippen LogP contribution in [0.3, 0.4) is 0 Å². The molecule has 0 saturated carbocycles. The first-order valence-electron chi connectivity index (χ1n) is 7.81. The number of benzene rings is 2. The van der Waals surface area contributed by atoms with E-state index in [0.717, 1.165) is 15.7 Å². The summed E-state index contributed by atoms with van der Waals surface area (Å²) in [6.45, 7) is 0.456. The van der Waals surface area contributed by atoms with Crippen molar-refractivity contribution in [2.24, 2.45) is 0 Å². The molecule has 2 aromatic carbocycles. The molecular weight excluding hydrogens is 402 g/mol. The molecule has 130 valence electrons. The van der Waals surface area contributed by atoms with Crippen LogP contribution in [0.1, 0.15) is 16.1 Å². The molecule has 4 rings (SSSR count). The number of non-ortho nitro benzene ring substituents is 1. The summed E-state index contributed by atoms with van der Waals surface area (Å²) in [4.78, 5) is 24.9. The summed E-state index contributed by atoms with van der Waals surface area (Å²) >= 11 is 3.44. The lowest BCUT2D eigenvalue weighted by Crippen LogP contribution is -2.29. The molecule has 1 aliphatic heterocycles. The Morgan fingerprint density at radius 1 is 1.19 bits per heavy atom. The molecule has 0 unspecified atom stereocenters. The van der Waals surface area contributed by atoms with Crippen molar-refractivity contribution in [3.8, 4) is 5.69 Å². The van der Waals surface area contributed by atoms with Crippen LogP contribution in [0, 0.1) is 10.1 Å². The normalized spacial score (nSPS) is 12.9. The van der Waals surface area contributed by atoms with Crippen LogP contribution in [0.2, 0.25) is 0 Å². The van der Waals surface area contributed by atoms with Crippen molar-refractivity contribution < 1.29 is 9.72 Å². The summed E-state index contributed by atoms with van der Waals surface area (Å²) < 4.78 is 2.34. The topological polar surface area (TPSA) is 94.2 Å². The average Bonchev–Trinajstić information content (AvgIpc) is 3.28. The molecule has 1 aliphatic rings. The maximum Gasteiger partial charge on any atom is 0.280 e. The summed E-state index contributed by atoms with van der Waals surface area (Å²) in [5, 5.41) is 19.0. The van der Waals surface area contributed by atoms with Gasteiger partial charge in [-0.05, 0) is 40.0 Å². The number of nitrogens with zero attached hydrogens (tertiary/aromatic N) is 5. The number of anilines is 1. The zero-order chi connectivity index (χ0) is 18.3. The monoisotopic (exact) mass is 413 g/mol. The van der Waals surface area contributed by atoms with E-state index >= 15 is 0 Å². The highest BCUT2D eigenvalue weighted by molar-refractivity contribution is 9.10. The molecule has 1 amide bonds. The quantitative estimate of drug-likeness (QED) is 0.485. The van der Waals surface area contributed by atoms with Crippen LogP contribution in [-0.4, -0.2) is 32.4 Å². The van der Waals surface area contributed by atoms with Crippen LogP contribution in [0.5, 0.6) is 0 Å². The van der Waals surface area contributed by atoms with Crippen molar-refractivity contribution in [3.63, 3.8) is 0 Å². The Bertz CT molecular complexity index is 1030. The lowest BCUT2D eigenvalue weighted by Gasteiger charge is -2.15. The van der Waals surface area contributed by atoms with Crippen molar-refractivity contribution in [1.29, 1.82) is 0 Å². The maximum absolute atomic E-state index is 12.8. The van der Waals surface area contributed by atoms with Gasteiger partial charge in [0.25, 0.3) is 11.6 Å². The number of aromatic nitrogens is 3. The Morgan fingerprint density at radius 3 is 2.77 bits per heavy atom. The molecule has 0 fully saturated rings. The second-order valence-corrected chi connectivity index (χ2v) is 6.63. The van der Waals surface area contributed by atoms with Gasteiger partial charge in [0.1, 0.15) is 0 Å².